The fourth-order valence-corrected chi connectivity index (χ4v) is 4.12. The van der Waals surface area contributed by atoms with Crippen molar-refractivity contribution in [3.63, 3.8) is 0 Å². The minimum atomic E-state index is -0.440. The van der Waals surface area contributed by atoms with Gasteiger partial charge >= 0.3 is 0 Å². The maximum atomic E-state index is 13.0. The van der Waals surface area contributed by atoms with Crippen LogP contribution in [0, 0.1) is 0 Å². The van der Waals surface area contributed by atoms with E-state index in [1.54, 1.807) is 6.33 Å². The molecule has 2 aliphatic heterocycles. The number of rotatable bonds is 3. The lowest BCUT2D eigenvalue weighted by Crippen LogP contribution is -2.38. The van der Waals surface area contributed by atoms with E-state index in [2.05, 4.69) is 36.6 Å². The van der Waals surface area contributed by atoms with Gasteiger partial charge in [0.2, 0.25) is 5.91 Å². The number of anilines is 2. The number of nitrogens with one attached hydrogen (secondary N) is 3. The molecule has 138 valence electrons. The van der Waals surface area contributed by atoms with Gasteiger partial charge in [0.05, 0.1) is 28.9 Å². The Morgan fingerprint density at radius 1 is 1.19 bits per heavy atom. The quantitative estimate of drug-likeness (QED) is 0.666. The predicted molar refractivity (Wildman–Crippen MR) is 105 cm³/mol. The van der Waals surface area contributed by atoms with E-state index >= 15 is 0 Å². The van der Waals surface area contributed by atoms with Crippen molar-refractivity contribution in [1.82, 2.24) is 20.3 Å². The van der Waals surface area contributed by atoms with Crippen molar-refractivity contribution in [2.75, 3.05) is 29.9 Å². The molecule has 2 aliphatic rings. The number of aromatic nitrogens is 3. The number of imidazole rings is 1. The second-order valence-electron chi connectivity index (χ2n) is 7.12. The van der Waals surface area contributed by atoms with Crippen molar-refractivity contribution < 1.29 is 4.79 Å². The lowest BCUT2D eigenvalue weighted by molar-refractivity contribution is -0.118. The Kier molecular flexibility index (Phi) is 4.01. The van der Waals surface area contributed by atoms with Crippen LogP contribution in [0.5, 0.6) is 0 Å². The van der Waals surface area contributed by atoms with Gasteiger partial charge in [-0.1, -0.05) is 0 Å². The van der Waals surface area contributed by atoms with Crippen molar-refractivity contribution in [2.24, 2.45) is 0 Å². The molecule has 0 aliphatic carbocycles. The molecule has 4 heterocycles. The lowest BCUT2D eigenvalue weighted by Gasteiger charge is -2.23. The van der Waals surface area contributed by atoms with E-state index in [-0.39, 0.29) is 5.91 Å². The summed E-state index contributed by atoms with van der Waals surface area (Å²) in [6.45, 7) is 2.88. The third-order valence-electron chi connectivity index (χ3n) is 5.46. The van der Waals surface area contributed by atoms with Gasteiger partial charge in [0.15, 0.2) is 0 Å². The molecule has 3 aromatic rings. The summed E-state index contributed by atoms with van der Waals surface area (Å²) in [7, 11) is 0. The first-order valence-electron chi connectivity index (χ1n) is 9.50. The Bertz CT molecular complexity index is 991. The molecule has 7 heteroatoms. The number of carbonyl (C=O) groups excluding carboxylic acids is 1. The molecule has 3 N–H and O–H groups in total. The summed E-state index contributed by atoms with van der Waals surface area (Å²) in [5.74, 6) is -0.0953. The molecular formula is C20H22N6O. The Labute approximate surface area is 157 Å². The van der Waals surface area contributed by atoms with Gasteiger partial charge in [0.25, 0.3) is 0 Å². The first-order valence-corrected chi connectivity index (χ1v) is 9.50. The molecule has 0 bridgehead atoms. The number of hydrogen-bond donors (Lipinski definition) is 3. The second-order valence-corrected chi connectivity index (χ2v) is 7.12. The zero-order chi connectivity index (χ0) is 18.2. The van der Waals surface area contributed by atoms with E-state index < -0.39 is 6.04 Å². The fraction of sp³-hybridized carbons (Fsp3) is 0.350. The summed E-state index contributed by atoms with van der Waals surface area (Å²) >= 11 is 0. The number of H-pyrrole nitrogens is 1. The molecule has 1 fully saturated rings. The molecule has 27 heavy (non-hydrogen) atoms. The van der Waals surface area contributed by atoms with Crippen LogP contribution in [0.1, 0.15) is 30.3 Å². The number of carbonyl (C=O) groups is 1. The molecule has 2 aromatic heterocycles. The average Bonchev–Trinajstić information content (AvgIpc) is 3.39. The van der Waals surface area contributed by atoms with Crippen LogP contribution < -0.4 is 15.5 Å². The average molecular weight is 362 g/mol. The number of fused-ring (bicyclic) bond motifs is 2. The van der Waals surface area contributed by atoms with E-state index in [4.69, 9.17) is 0 Å². The molecule has 1 saturated heterocycles. The summed E-state index contributed by atoms with van der Waals surface area (Å²) in [6.07, 6.45) is 6.75. The maximum absolute atomic E-state index is 13.0. The van der Waals surface area contributed by atoms with Gasteiger partial charge in [-0.3, -0.25) is 9.78 Å². The molecule has 1 amide bonds. The third kappa shape index (κ3) is 2.84. The molecule has 1 aromatic carbocycles. The largest absolute Gasteiger partial charge is 0.370 e. The SMILES string of the molecule is O=C(Nc1ccc(N2CCCC2)c2ncccc12)C1NCCc2[nH]cnc21. The van der Waals surface area contributed by atoms with E-state index in [0.29, 0.717) is 0 Å². The van der Waals surface area contributed by atoms with Crippen molar-refractivity contribution in [2.45, 2.75) is 25.3 Å². The van der Waals surface area contributed by atoms with Crippen LogP contribution in [0.2, 0.25) is 0 Å². The van der Waals surface area contributed by atoms with Crippen LogP contribution in [-0.2, 0) is 11.2 Å². The van der Waals surface area contributed by atoms with E-state index in [9.17, 15) is 4.79 Å². The fourth-order valence-electron chi connectivity index (χ4n) is 4.12. The van der Waals surface area contributed by atoms with Gasteiger partial charge < -0.3 is 20.5 Å². The standard InChI is InChI=1S/C20H22N6O/c27-20(19-18-15(7-9-22-19)23-12-24-18)25-14-5-6-16(26-10-1-2-11-26)17-13(14)4-3-8-21-17/h3-6,8,12,19,22H,1-2,7,9-11H2,(H,23,24)(H,25,27). The Morgan fingerprint density at radius 3 is 2.96 bits per heavy atom. The molecule has 5 rings (SSSR count). The van der Waals surface area contributed by atoms with Gasteiger partial charge in [-0.25, -0.2) is 4.98 Å². The van der Waals surface area contributed by atoms with Crippen LogP contribution in [0.25, 0.3) is 10.9 Å². The highest BCUT2D eigenvalue weighted by atomic mass is 16.2. The van der Waals surface area contributed by atoms with Crippen molar-refractivity contribution >= 4 is 28.2 Å². The van der Waals surface area contributed by atoms with Crippen molar-refractivity contribution in [1.29, 1.82) is 0 Å². The Morgan fingerprint density at radius 2 is 2.07 bits per heavy atom. The monoisotopic (exact) mass is 362 g/mol. The normalized spacial score (nSPS) is 19.3. The lowest BCUT2D eigenvalue weighted by atomic mass is 10.0. The summed E-state index contributed by atoms with van der Waals surface area (Å²) in [4.78, 5) is 27.4. The van der Waals surface area contributed by atoms with Gasteiger partial charge in [-0.05, 0) is 37.1 Å². The van der Waals surface area contributed by atoms with Crippen LogP contribution >= 0.6 is 0 Å². The summed E-state index contributed by atoms with van der Waals surface area (Å²) in [5.41, 5.74) is 4.69. The van der Waals surface area contributed by atoms with Crippen molar-refractivity contribution in [3.8, 4) is 0 Å². The Hall–Kier alpha value is -2.93. The van der Waals surface area contributed by atoms with Crippen LogP contribution in [-0.4, -0.2) is 40.5 Å². The van der Waals surface area contributed by atoms with Gasteiger partial charge in [0.1, 0.15) is 6.04 Å². The van der Waals surface area contributed by atoms with Gasteiger partial charge in [0, 0.05) is 43.3 Å². The number of amides is 1. The molecule has 0 saturated carbocycles. The number of nitrogens with zero attached hydrogens (tertiary/aromatic N) is 3. The molecule has 1 atom stereocenters. The maximum Gasteiger partial charge on any atom is 0.247 e. The molecule has 7 nitrogen and oxygen atoms in total. The van der Waals surface area contributed by atoms with E-state index in [1.165, 1.54) is 12.8 Å². The number of benzene rings is 1. The van der Waals surface area contributed by atoms with Crippen LogP contribution in [0.15, 0.2) is 36.8 Å². The molecule has 0 spiro atoms. The van der Waals surface area contributed by atoms with Crippen molar-refractivity contribution in [3.05, 3.63) is 48.2 Å². The zero-order valence-electron chi connectivity index (χ0n) is 15.0. The highest BCUT2D eigenvalue weighted by Gasteiger charge is 2.29. The van der Waals surface area contributed by atoms with Crippen LogP contribution in [0.3, 0.4) is 0 Å². The summed E-state index contributed by atoms with van der Waals surface area (Å²) < 4.78 is 0. The smallest absolute Gasteiger partial charge is 0.247 e. The predicted octanol–water partition coefficient (Wildman–Crippen LogP) is 2.38. The zero-order valence-corrected chi connectivity index (χ0v) is 15.0. The third-order valence-corrected chi connectivity index (χ3v) is 5.46. The Balaban J connectivity index is 1.48. The molecule has 1 unspecified atom stereocenters. The highest BCUT2D eigenvalue weighted by Crippen LogP contribution is 2.33. The summed E-state index contributed by atoms with van der Waals surface area (Å²) in [5, 5.41) is 7.32. The van der Waals surface area contributed by atoms with E-state index in [1.807, 2.05) is 24.4 Å². The van der Waals surface area contributed by atoms with Gasteiger partial charge in [-0.15, -0.1) is 0 Å². The van der Waals surface area contributed by atoms with Crippen LogP contribution in [0.4, 0.5) is 11.4 Å². The highest BCUT2D eigenvalue weighted by molar-refractivity contribution is 6.06. The number of hydrogen-bond acceptors (Lipinski definition) is 5. The molecule has 0 radical (unpaired) electrons. The van der Waals surface area contributed by atoms with E-state index in [0.717, 1.165) is 59.7 Å². The minimum Gasteiger partial charge on any atom is -0.370 e. The topological polar surface area (TPSA) is 85.9 Å². The number of aromatic amines is 1. The number of pyridine rings is 1. The van der Waals surface area contributed by atoms with Gasteiger partial charge in [-0.2, -0.15) is 0 Å². The summed E-state index contributed by atoms with van der Waals surface area (Å²) in [6, 6.07) is 7.56. The minimum absolute atomic E-state index is 0.0953. The first kappa shape index (κ1) is 16.3. The second kappa shape index (κ2) is 6.66. The first-order chi connectivity index (χ1) is 13.3. The molecular weight excluding hydrogens is 340 g/mol.